The zero-order chi connectivity index (χ0) is 22.5. The second-order valence-electron chi connectivity index (χ2n) is 6.29. The van der Waals surface area contributed by atoms with E-state index >= 15 is 0 Å². The number of nitrogen functional groups attached to an aromatic ring is 1. The van der Waals surface area contributed by atoms with Crippen LogP contribution in [0.5, 0.6) is 17.2 Å². The van der Waals surface area contributed by atoms with Crippen molar-refractivity contribution in [3.05, 3.63) is 11.1 Å². The molecule has 0 bridgehead atoms. The molecule has 16 nitrogen and oxygen atoms in total. The molecule has 16 heteroatoms. The maximum atomic E-state index is 12.7. The molecule has 13 N–H and O–H groups in total. The van der Waals surface area contributed by atoms with E-state index in [0.717, 1.165) is 5.32 Å². The first kappa shape index (κ1) is 20.5. The molecule has 0 radical (unpaired) electrons. The van der Waals surface area contributed by atoms with Gasteiger partial charge in [0.05, 0.1) is 16.8 Å². The lowest BCUT2D eigenvalue weighted by atomic mass is 9.86. The maximum Gasteiger partial charge on any atom is 0.306 e. The molecule has 158 valence electrons. The number of phenols is 3. The number of imide groups is 1. The van der Waals surface area contributed by atoms with Crippen molar-refractivity contribution in [1.82, 2.24) is 10.2 Å². The van der Waals surface area contributed by atoms with Crippen LogP contribution in [0.2, 0.25) is 0 Å². The number of anilines is 1. The van der Waals surface area contributed by atoms with E-state index in [-0.39, 0.29) is 0 Å². The molecule has 2 heterocycles. The molecule has 0 aliphatic carbocycles. The molecule has 1 atom stereocenters. The number of aliphatic hydroxyl groups is 7. The Bertz CT molecular complexity index is 1000. The number of nitrogens with zero attached hydrogens (tertiary/aromatic N) is 1. The minimum atomic E-state index is -4.69. The first-order chi connectivity index (χ1) is 13.0. The van der Waals surface area contributed by atoms with Crippen LogP contribution in [-0.2, 0) is 15.5 Å². The average molecular weight is 419 g/mol. The van der Waals surface area contributed by atoms with Gasteiger partial charge in [-0.2, -0.15) is 0 Å². The van der Waals surface area contributed by atoms with E-state index in [9.17, 15) is 65.4 Å². The van der Waals surface area contributed by atoms with Gasteiger partial charge in [0, 0.05) is 0 Å². The smallest absolute Gasteiger partial charge is 0.306 e. The van der Waals surface area contributed by atoms with E-state index in [0.29, 0.717) is 0 Å². The standard InChI is InChI=1S/C13H13N3O13/c14-3-2-1(4(17)6(19)5(3)18)7(20)16(12(2,26)27)10(23)8(21)15-9(22)11(24,25)13(10,28)29/h17-19,23-29H,14H2,(H,15,21,22). The molecule has 0 saturated carbocycles. The first-order valence-electron chi connectivity index (χ1n) is 7.31. The van der Waals surface area contributed by atoms with Gasteiger partial charge in [-0.1, -0.05) is 0 Å². The van der Waals surface area contributed by atoms with Gasteiger partial charge in [-0.25, -0.2) is 4.90 Å². The molecular formula is C13H13N3O13. The van der Waals surface area contributed by atoms with E-state index in [1.165, 1.54) is 0 Å². The van der Waals surface area contributed by atoms with Gasteiger partial charge in [0.15, 0.2) is 11.5 Å². The molecule has 29 heavy (non-hydrogen) atoms. The Morgan fingerprint density at radius 1 is 0.793 bits per heavy atom. The molecule has 0 aromatic heterocycles. The van der Waals surface area contributed by atoms with Gasteiger partial charge >= 0.3 is 5.79 Å². The fraction of sp³-hybridized carbons (Fsp3) is 0.308. The average Bonchev–Trinajstić information content (AvgIpc) is 2.81. The third-order valence-electron chi connectivity index (χ3n) is 4.68. The summed E-state index contributed by atoms with van der Waals surface area (Å²) < 4.78 is 0. The summed E-state index contributed by atoms with van der Waals surface area (Å²) in [5.41, 5.74) is -2.86. The molecule has 1 aromatic rings. The summed E-state index contributed by atoms with van der Waals surface area (Å²) >= 11 is 0. The summed E-state index contributed by atoms with van der Waals surface area (Å²) in [6.45, 7) is 0. The zero-order valence-corrected chi connectivity index (χ0v) is 13.7. The molecule has 2 aliphatic rings. The number of hydrogen-bond donors (Lipinski definition) is 12. The summed E-state index contributed by atoms with van der Waals surface area (Å²) in [5, 5.41) is 101. The molecule has 1 fully saturated rings. The van der Waals surface area contributed by atoms with Crippen LogP contribution < -0.4 is 11.1 Å². The SMILES string of the molecule is Nc1c(O)c(O)c(O)c2c1C(O)(O)N(C1(O)C(=O)NC(=O)C(O)(O)C1(O)O)C2=O. The summed E-state index contributed by atoms with van der Waals surface area (Å²) in [4.78, 5) is 35.5. The van der Waals surface area contributed by atoms with E-state index in [1.807, 2.05) is 0 Å². The van der Waals surface area contributed by atoms with Crippen LogP contribution in [0.3, 0.4) is 0 Å². The molecule has 1 aromatic carbocycles. The van der Waals surface area contributed by atoms with Crippen molar-refractivity contribution >= 4 is 23.4 Å². The number of nitrogens with two attached hydrogens (primary N) is 1. The number of carbonyl (C=O) groups excluding carboxylic acids is 3. The van der Waals surface area contributed by atoms with Crippen LogP contribution in [0.25, 0.3) is 0 Å². The minimum Gasteiger partial charge on any atom is -0.504 e. The number of benzene rings is 1. The van der Waals surface area contributed by atoms with Gasteiger partial charge in [-0.05, 0) is 0 Å². The Balaban J connectivity index is 2.37. The predicted octanol–water partition coefficient (Wildman–Crippen LogP) is -6.36. The van der Waals surface area contributed by atoms with Crippen LogP contribution in [0.1, 0.15) is 15.9 Å². The normalized spacial score (nSPS) is 27.0. The highest BCUT2D eigenvalue weighted by atomic mass is 16.6. The largest absolute Gasteiger partial charge is 0.504 e. The summed E-state index contributed by atoms with van der Waals surface area (Å²) in [6.07, 6.45) is 0. The third-order valence-corrected chi connectivity index (χ3v) is 4.68. The molecule has 0 spiro atoms. The molecular weight excluding hydrogens is 406 g/mol. The van der Waals surface area contributed by atoms with E-state index in [4.69, 9.17) is 5.73 Å². The maximum absolute atomic E-state index is 12.7. The van der Waals surface area contributed by atoms with Gasteiger partial charge in [-0.15, -0.1) is 0 Å². The highest BCUT2D eigenvalue weighted by Gasteiger charge is 2.79. The van der Waals surface area contributed by atoms with Crippen LogP contribution in [0, 0.1) is 0 Å². The van der Waals surface area contributed by atoms with Crippen molar-refractivity contribution in [1.29, 1.82) is 0 Å². The molecule has 1 saturated heterocycles. The van der Waals surface area contributed by atoms with E-state index in [1.54, 1.807) is 0 Å². The van der Waals surface area contributed by atoms with E-state index < -0.39 is 79.9 Å². The number of hydrogen-bond acceptors (Lipinski definition) is 14. The van der Waals surface area contributed by atoms with Crippen molar-refractivity contribution in [2.45, 2.75) is 23.2 Å². The van der Waals surface area contributed by atoms with Gasteiger partial charge in [-0.3, -0.25) is 19.7 Å². The Labute approximate surface area is 157 Å². The predicted molar refractivity (Wildman–Crippen MR) is 80.6 cm³/mol. The lowest BCUT2D eigenvalue weighted by molar-refractivity contribution is -0.433. The Kier molecular flexibility index (Phi) is 3.68. The second-order valence-corrected chi connectivity index (χ2v) is 6.29. The summed E-state index contributed by atoms with van der Waals surface area (Å²) in [7, 11) is 0. The van der Waals surface area contributed by atoms with E-state index in [2.05, 4.69) is 0 Å². The van der Waals surface area contributed by atoms with Crippen molar-refractivity contribution in [2.24, 2.45) is 0 Å². The topological polar surface area (TPSA) is 295 Å². The van der Waals surface area contributed by atoms with Crippen molar-refractivity contribution in [3.63, 3.8) is 0 Å². The quantitative estimate of drug-likeness (QED) is 0.0662. The summed E-state index contributed by atoms with van der Waals surface area (Å²) in [5.74, 6) is -23.9. The van der Waals surface area contributed by atoms with Crippen molar-refractivity contribution in [3.8, 4) is 17.2 Å². The molecule has 2 aliphatic heterocycles. The van der Waals surface area contributed by atoms with Crippen LogP contribution in [0.15, 0.2) is 0 Å². The van der Waals surface area contributed by atoms with Crippen LogP contribution >= 0.6 is 0 Å². The Morgan fingerprint density at radius 2 is 1.31 bits per heavy atom. The number of piperidine rings is 1. The lowest BCUT2D eigenvalue weighted by Gasteiger charge is -2.51. The van der Waals surface area contributed by atoms with Gasteiger partial charge in [0.25, 0.3) is 35.1 Å². The fourth-order valence-corrected chi connectivity index (χ4v) is 3.12. The first-order valence-corrected chi connectivity index (χ1v) is 7.31. The van der Waals surface area contributed by atoms with Crippen molar-refractivity contribution in [2.75, 3.05) is 5.73 Å². The zero-order valence-electron chi connectivity index (χ0n) is 13.7. The fourth-order valence-electron chi connectivity index (χ4n) is 3.12. The Morgan fingerprint density at radius 3 is 1.83 bits per heavy atom. The highest BCUT2D eigenvalue weighted by Crippen LogP contribution is 2.55. The Hall–Kier alpha value is -3.25. The number of phenolic OH excluding ortho intramolecular Hbond substituents is 3. The number of rotatable bonds is 1. The molecule has 3 amide bonds. The second kappa shape index (κ2) is 5.21. The number of aromatic hydroxyl groups is 3. The highest BCUT2D eigenvalue weighted by molar-refractivity contribution is 6.12. The number of carbonyl (C=O) groups is 3. The van der Waals surface area contributed by atoms with Gasteiger partial charge < -0.3 is 56.8 Å². The summed E-state index contributed by atoms with van der Waals surface area (Å²) in [6, 6.07) is 0. The number of nitrogens with one attached hydrogen (secondary N) is 1. The van der Waals surface area contributed by atoms with Crippen molar-refractivity contribution < 1.29 is 65.4 Å². The minimum absolute atomic E-state index is 0.872. The monoisotopic (exact) mass is 419 g/mol. The number of fused-ring (bicyclic) bond motifs is 1. The lowest BCUT2D eigenvalue weighted by Crippen LogP contribution is -2.87. The molecule has 3 rings (SSSR count). The number of amides is 3. The van der Waals surface area contributed by atoms with Crippen LogP contribution in [0.4, 0.5) is 5.69 Å². The molecule has 1 unspecified atom stereocenters. The third kappa shape index (κ3) is 1.96. The van der Waals surface area contributed by atoms with Gasteiger partial charge in [0.1, 0.15) is 0 Å². The van der Waals surface area contributed by atoms with Crippen LogP contribution in [-0.4, -0.2) is 91.0 Å². The van der Waals surface area contributed by atoms with Gasteiger partial charge in [0.2, 0.25) is 5.75 Å².